The van der Waals surface area contributed by atoms with Gasteiger partial charge < -0.3 is 34.3 Å². The SMILES string of the molecule is C=C[Si](C)(C)O[Si](C)(C)O[Si](C)(O[Si](C)(C)C=C)O[Si](C)(C)O[Si](O[Si](C)(C)C=C)([SiH2]O)[SiH2]O. The molecule has 200 valence electrons. The van der Waals surface area contributed by atoms with Crippen molar-refractivity contribution in [1.82, 2.24) is 0 Å². The molecular formula is C17H48O8Si9. The molecule has 0 radical (unpaired) electrons. The van der Waals surface area contributed by atoms with Crippen LogP contribution in [0.1, 0.15) is 0 Å². The Bertz CT molecular complexity index is 713. The third-order valence-corrected chi connectivity index (χ3v) is 42.3. The highest BCUT2D eigenvalue weighted by Gasteiger charge is 2.54. The fourth-order valence-electron chi connectivity index (χ4n) is 3.36. The Morgan fingerprint density at radius 3 is 1.18 bits per heavy atom. The summed E-state index contributed by atoms with van der Waals surface area (Å²) in [6, 6.07) is 0. The van der Waals surface area contributed by atoms with E-state index in [1.54, 1.807) is 5.70 Å². The number of hydrogen-bond acceptors (Lipinski definition) is 8. The van der Waals surface area contributed by atoms with Gasteiger partial charge in [-0.1, -0.05) is 17.1 Å². The van der Waals surface area contributed by atoms with Gasteiger partial charge in [-0.2, -0.15) is 0 Å². The molecule has 0 fully saturated rings. The van der Waals surface area contributed by atoms with E-state index >= 15 is 0 Å². The van der Waals surface area contributed by atoms with Gasteiger partial charge >= 0.3 is 33.5 Å². The molecule has 0 aromatic heterocycles. The van der Waals surface area contributed by atoms with Crippen molar-refractivity contribution < 1.29 is 34.3 Å². The molecule has 0 aliphatic carbocycles. The van der Waals surface area contributed by atoms with Crippen LogP contribution in [0.4, 0.5) is 0 Å². The first-order valence-electron chi connectivity index (χ1n) is 11.4. The minimum Gasteiger partial charge on any atom is -0.436 e. The van der Waals surface area contributed by atoms with Gasteiger partial charge in [-0.25, -0.2) is 0 Å². The first kappa shape index (κ1) is 34.9. The van der Waals surface area contributed by atoms with Crippen molar-refractivity contribution in [2.75, 3.05) is 0 Å². The van der Waals surface area contributed by atoms with Crippen LogP contribution in [0, 0.1) is 0 Å². The summed E-state index contributed by atoms with van der Waals surface area (Å²) in [7, 11) is -22.3. The Kier molecular flexibility index (Phi) is 12.9. The predicted molar refractivity (Wildman–Crippen MR) is 163 cm³/mol. The summed E-state index contributed by atoms with van der Waals surface area (Å²) in [5.74, 6) is 0. The van der Waals surface area contributed by atoms with Gasteiger partial charge in [0.2, 0.25) is 26.9 Å². The second-order valence-electron chi connectivity index (χ2n) is 10.9. The van der Waals surface area contributed by atoms with Gasteiger partial charge in [-0.3, -0.25) is 0 Å². The number of rotatable bonds is 17. The average Bonchev–Trinajstić information content (AvgIpc) is 2.64. The molecule has 0 saturated carbocycles. The van der Waals surface area contributed by atoms with Crippen LogP contribution in [0.15, 0.2) is 36.8 Å². The molecule has 1 unspecified atom stereocenters. The van der Waals surface area contributed by atoms with Gasteiger partial charge in [0.15, 0.2) is 16.6 Å². The van der Waals surface area contributed by atoms with E-state index in [1.807, 2.05) is 70.3 Å². The monoisotopic (exact) mass is 632 g/mol. The molecule has 2 N–H and O–H groups in total. The quantitative estimate of drug-likeness (QED) is 0.236. The van der Waals surface area contributed by atoms with E-state index in [4.69, 9.17) is 24.7 Å². The lowest BCUT2D eigenvalue weighted by atomic mass is 11.3. The van der Waals surface area contributed by atoms with E-state index in [0.29, 0.717) is 0 Å². The lowest BCUT2D eigenvalue weighted by Crippen LogP contribution is -2.68. The smallest absolute Gasteiger partial charge is 0.436 e. The van der Waals surface area contributed by atoms with Gasteiger partial charge in [0.05, 0.1) is 0 Å². The maximum atomic E-state index is 10.4. The van der Waals surface area contributed by atoms with Crippen LogP contribution in [-0.4, -0.2) is 86.6 Å². The van der Waals surface area contributed by atoms with Crippen molar-refractivity contribution in [3.05, 3.63) is 36.8 Å². The maximum absolute atomic E-state index is 10.4. The van der Waals surface area contributed by atoms with Gasteiger partial charge in [-0.05, 0) is 65.5 Å². The van der Waals surface area contributed by atoms with Crippen LogP contribution in [0.25, 0.3) is 0 Å². The van der Waals surface area contributed by atoms with Crippen molar-refractivity contribution in [3.8, 4) is 0 Å². The highest BCUT2D eigenvalue weighted by atomic mass is 29.6. The summed E-state index contributed by atoms with van der Waals surface area (Å²) < 4.78 is 39.2. The summed E-state index contributed by atoms with van der Waals surface area (Å²) in [5, 5.41) is 0. The minimum atomic E-state index is -3.30. The van der Waals surface area contributed by atoms with E-state index < -0.39 is 77.0 Å². The molecule has 0 aliphatic rings. The van der Waals surface area contributed by atoms with Crippen LogP contribution >= 0.6 is 0 Å². The molecule has 0 aromatic carbocycles. The summed E-state index contributed by atoms with van der Waals surface area (Å²) in [5.41, 5.74) is 5.53. The third kappa shape index (κ3) is 12.4. The second-order valence-corrected chi connectivity index (χ2v) is 47.8. The highest BCUT2D eigenvalue weighted by Crippen LogP contribution is 2.30. The molecule has 0 saturated heterocycles. The van der Waals surface area contributed by atoms with Gasteiger partial charge in [-0.15, -0.1) is 19.7 Å². The molecule has 0 spiro atoms. The normalized spacial score (nSPS) is 18.3. The molecule has 0 amide bonds. The minimum absolute atomic E-state index is 1.75. The van der Waals surface area contributed by atoms with Crippen molar-refractivity contribution in [3.63, 3.8) is 0 Å². The lowest BCUT2D eigenvalue weighted by molar-refractivity contribution is 0.213. The van der Waals surface area contributed by atoms with Crippen LogP contribution in [0.3, 0.4) is 0 Å². The third-order valence-electron chi connectivity index (χ3n) is 4.66. The van der Waals surface area contributed by atoms with Crippen LogP contribution in [0.2, 0.25) is 72.0 Å². The second kappa shape index (κ2) is 12.6. The molecule has 0 rings (SSSR count). The van der Waals surface area contributed by atoms with Gasteiger partial charge in [0.1, 0.15) is 0 Å². The standard InChI is InChI=1S/C17H48O8Si9/c1-15-28(4,5)20-31(10,11)23-33(14,21-29(6,7)16-2)24-32(12,13)25-34(26-18,27-19)22-30(8,9)17-3/h15-19H,1-3,26-27H2,4-14H3. The summed E-state index contributed by atoms with van der Waals surface area (Å²) in [6.45, 7) is 33.6. The first-order chi connectivity index (χ1) is 15.0. The lowest BCUT2D eigenvalue weighted by Gasteiger charge is -2.45. The molecule has 8 nitrogen and oxygen atoms in total. The molecule has 34 heavy (non-hydrogen) atoms. The fraction of sp³-hybridized carbons (Fsp3) is 0.647. The van der Waals surface area contributed by atoms with Crippen molar-refractivity contribution in [1.29, 1.82) is 0 Å². The largest absolute Gasteiger partial charge is 0.469 e. The zero-order chi connectivity index (χ0) is 27.3. The van der Waals surface area contributed by atoms with Crippen molar-refractivity contribution in [2.24, 2.45) is 0 Å². The van der Waals surface area contributed by atoms with E-state index in [1.165, 1.54) is 0 Å². The first-order valence-corrected chi connectivity index (χ1v) is 35.9. The van der Waals surface area contributed by atoms with Gasteiger partial charge in [0.25, 0.3) is 0 Å². The fourth-order valence-corrected chi connectivity index (χ4v) is 48.7. The Morgan fingerprint density at radius 2 is 0.824 bits per heavy atom. The Labute approximate surface area is 219 Å². The Morgan fingerprint density at radius 1 is 0.500 bits per heavy atom. The maximum Gasteiger partial charge on any atom is 0.469 e. The predicted octanol–water partition coefficient (Wildman–Crippen LogP) is 2.44. The molecule has 17 heteroatoms. The average molecular weight is 633 g/mol. The van der Waals surface area contributed by atoms with Crippen molar-refractivity contribution in [2.45, 2.75) is 72.0 Å². The molecule has 0 bridgehead atoms. The Hall–Kier alpha value is 0.852. The van der Waals surface area contributed by atoms with Gasteiger partial charge in [0, 0.05) is 6.55 Å². The molecule has 1 atom stereocenters. The van der Waals surface area contributed by atoms with Crippen LogP contribution < -0.4 is 0 Å². The topological polar surface area (TPSA) is 95.8 Å². The van der Waals surface area contributed by atoms with E-state index in [-0.39, 0.29) is 0 Å². The highest BCUT2D eigenvalue weighted by molar-refractivity contribution is 7.44. The van der Waals surface area contributed by atoms with E-state index in [9.17, 15) is 9.59 Å². The summed E-state index contributed by atoms with van der Waals surface area (Å²) >= 11 is 0. The van der Waals surface area contributed by atoms with Crippen molar-refractivity contribution >= 4 is 77.0 Å². The van der Waals surface area contributed by atoms with Crippen LogP contribution in [0.5, 0.6) is 0 Å². The van der Waals surface area contributed by atoms with E-state index in [2.05, 4.69) is 32.8 Å². The summed E-state index contributed by atoms with van der Waals surface area (Å²) in [4.78, 5) is 20.7. The Balaban J connectivity index is 6.15. The molecular weight excluding hydrogens is 585 g/mol. The summed E-state index contributed by atoms with van der Waals surface area (Å²) in [6.07, 6.45) is 0. The zero-order valence-electron chi connectivity index (χ0n) is 23.1. The zero-order valence-corrected chi connectivity index (χ0v) is 32.9. The molecule has 0 aliphatic heterocycles. The molecule has 0 aromatic rings. The van der Waals surface area contributed by atoms with Crippen LogP contribution in [-0.2, 0) is 24.7 Å². The molecule has 0 heterocycles. The number of hydrogen-bond donors (Lipinski definition) is 2. The van der Waals surface area contributed by atoms with E-state index in [0.717, 1.165) is 0 Å².